The van der Waals surface area contributed by atoms with Gasteiger partial charge in [0.05, 0.1) is 53.2 Å². The summed E-state index contributed by atoms with van der Waals surface area (Å²) in [6.45, 7) is 5.78. The summed E-state index contributed by atoms with van der Waals surface area (Å²) >= 11 is 6.56. The number of benzene rings is 1. The first-order valence-corrected chi connectivity index (χ1v) is 9.40. The fraction of sp³-hybridized carbons (Fsp3) is 0.286. The van der Waals surface area contributed by atoms with Crippen LogP contribution in [0.15, 0.2) is 29.5 Å². The molecule has 8 heteroatoms. The monoisotopic (exact) mass is 412 g/mol. The van der Waals surface area contributed by atoms with Crippen LogP contribution < -0.4 is 20.5 Å². The van der Waals surface area contributed by atoms with Crippen LogP contribution in [0.1, 0.15) is 42.1 Å². The summed E-state index contributed by atoms with van der Waals surface area (Å²) in [5, 5.41) is 12.9. The summed E-state index contributed by atoms with van der Waals surface area (Å²) in [5.74, 6) is -0.401. The van der Waals surface area contributed by atoms with E-state index in [0.717, 1.165) is 0 Å². The molecule has 7 nitrogen and oxygen atoms in total. The number of fused-ring (bicyclic) bond motifs is 1. The molecule has 0 spiro atoms. The first-order chi connectivity index (χ1) is 13.8. The molecule has 2 aromatic rings. The maximum atomic E-state index is 12.4. The van der Waals surface area contributed by atoms with E-state index in [9.17, 15) is 10.1 Å². The van der Waals surface area contributed by atoms with Crippen LogP contribution in [0.3, 0.4) is 0 Å². The fourth-order valence-corrected chi connectivity index (χ4v) is 3.77. The second-order valence-corrected chi connectivity index (χ2v) is 6.95. The van der Waals surface area contributed by atoms with Gasteiger partial charge in [0.1, 0.15) is 5.75 Å². The number of halogens is 1. The lowest BCUT2D eigenvalue weighted by molar-refractivity contribution is -0.114. The number of rotatable bonds is 5. The molecule has 3 rings (SSSR count). The molecule has 0 radical (unpaired) electrons. The van der Waals surface area contributed by atoms with E-state index in [2.05, 4.69) is 16.4 Å². The molecule has 1 aliphatic rings. The Hall–Kier alpha value is -3.24. The van der Waals surface area contributed by atoms with Crippen molar-refractivity contribution < 1.29 is 14.3 Å². The minimum Gasteiger partial charge on any atom is -0.496 e. The smallest absolute Gasteiger partial charge is 0.247 e. The number of nitrogens with zero attached hydrogens (tertiary/aromatic N) is 2. The largest absolute Gasteiger partial charge is 0.496 e. The van der Waals surface area contributed by atoms with Crippen LogP contribution in [0.2, 0.25) is 5.02 Å². The zero-order valence-corrected chi connectivity index (χ0v) is 17.3. The number of pyridine rings is 1. The van der Waals surface area contributed by atoms with Crippen LogP contribution >= 0.6 is 11.6 Å². The highest BCUT2D eigenvalue weighted by atomic mass is 35.5. The zero-order valence-electron chi connectivity index (χ0n) is 16.6. The highest BCUT2D eigenvalue weighted by Gasteiger charge is 2.37. The van der Waals surface area contributed by atoms with Gasteiger partial charge in [-0.15, -0.1) is 0 Å². The van der Waals surface area contributed by atoms with E-state index >= 15 is 0 Å². The van der Waals surface area contributed by atoms with Crippen molar-refractivity contribution >= 4 is 23.2 Å². The summed E-state index contributed by atoms with van der Waals surface area (Å²) in [6.07, 6.45) is 0. The molecule has 1 amide bonds. The molecule has 150 valence electrons. The summed E-state index contributed by atoms with van der Waals surface area (Å²) in [4.78, 5) is 16.9. The standard InChI is InChI=1S/C21H21ClN4O3/c1-5-29-21-17-16(13-7-6-12(9-23)8-14(13)28-4)15(20(24)27)10(2)25-19(17)18(22)11(3)26-21/h6-8,16,25H,5H2,1-4H3,(H2,24,27)/t16-/m0/s1. The van der Waals surface area contributed by atoms with Crippen molar-refractivity contribution in [2.24, 2.45) is 5.73 Å². The second kappa shape index (κ2) is 8.02. The van der Waals surface area contributed by atoms with Gasteiger partial charge >= 0.3 is 0 Å². The SMILES string of the molecule is CCOc1nc(C)c(Cl)c2c1[C@@H](c1ccc(C#N)cc1OC)C(C(N)=O)=C(C)N2. The average molecular weight is 413 g/mol. The number of hydrogen-bond donors (Lipinski definition) is 2. The molecule has 2 heterocycles. The van der Waals surface area contributed by atoms with Crippen molar-refractivity contribution in [1.29, 1.82) is 5.26 Å². The van der Waals surface area contributed by atoms with E-state index in [1.54, 1.807) is 32.0 Å². The van der Waals surface area contributed by atoms with Crippen LogP contribution in [-0.4, -0.2) is 24.6 Å². The molecule has 0 bridgehead atoms. The van der Waals surface area contributed by atoms with E-state index < -0.39 is 11.8 Å². The normalized spacial score (nSPS) is 15.2. The van der Waals surface area contributed by atoms with Crippen molar-refractivity contribution in [2.45, 2.75) is 26.7 Å². The number of primary amides is 1. The van der Waals surface area contributed by atoms with Crippen molar-refractivity contribution in [3.63, 3.8) is 0 Å². The number of allylic oxidation sites excluding steroid dienone is 1. The minimum atomic E-state index is -0.626. The van der Waals surface area contributed by atoms with Crippen LogP contribution in [0.5, 0.6) is 11.6 Å². The number of amides is 1. The van der Waals surface area contributed by atoms with Crippen LogP contribution in [-0.2, 0) is 4.79 Å². The van der Waals surface area contributed by atoms with Crippen molar-refractivity contribution in [3.05, 3.63) is 56.9 Å². The highest BCUT2D eigenvalue weighted by molar-refractivity contribution is 6.34. The third kappa shape index (κ3) is 3.47. The number of nitrogens with one attached hydrogen (secondary N) is 1. The van der Waals surface area contributed by atoms with Gasteiger partial charge in [-0.2, -0.15) is 5.26 Å². The zero-order chi connectivity index (χ0) is 21.3. The van der Waals surface area contributed by atoms with Gasteiger partial charge in [-0.25, -0.2) is 4.98 Å². The van der Waals surface area contributed by atoms with E-state index in [1.165, 1.54) is 7.11 Å². The van der Waals surface area contributed by atoms with Gasteiger partial charge in [-0.1, -0.05) is 17.7 Å². The van der Waals surface area contributed by atoms with Gasteiger partial charge < -0.3 is 20.5 Å². The van der Waals surface area contributed by atoms with E-state index in [-0.39, 0.29) is 0 Å². The maximum Gasteiger partial charge on any atom is 0.247 e. The Morgan fingerprint density at radius 3 is 2.72 bits per heavy atom. The lowest BCUT2D eigenvalue weighted by Gasteiger charge is -2.32. The number of nitrogens with two attached hydrogens (primary N) is 1. The molecule has 0 unspecified atom stereocenters. The molecule has 1 atom stereocenters. The quantitative estimate of drug-likeness (QED) is 0.775. The number of carbonyl (C=O) groups excluding carboxylic acids is 1. The summed E-state index contributed by atoms with van der Waals surface area (Å²) < 4.78 is 11.3. The van der Waals surface area contributed by atoms with E-state index in [1.807, 2.05) is 6.92 Å². The third-order valence-corrected chi connectivity index (χ3v) is 5.28. The lowest BCUT2D eigenvalue weighted by Crippen LogP contribution is -2.28. The summed E-state index contributed by atoms with van der Waals surface area (Å²) in [7, 11) is 1.51. The minimum absolute atomic E-state index is 0.350. The Morgan fingerprint density at radius 1 is 1.41 bits per heavy atom. The molecule has 1 aromatic carbocycles. The Kier molecular flexibility index (Phi) is 5.66. The fourth-order valence-electron chi connectivity index (χ4n) is 3.58. The van der Waals surface area contributed by atoms with Crippen molar-refractivity contribution in [2.75, 3.05) is 19.0 Å². The van der Waals surface area contributed by atoms with Crippen LogP contribution in [0.25, 0.3) is 0 Å². The average Bonchev–Trinajstić information content (AvgIpc) is 2.70. The van der Waals surface area contributed by atoms with E-state index in [0.29, 0.717) is 62.6 Å². The molecule has 0 aliphatic carbocycles. The Morgan fingerprint density at radius 2 is 2.14 bits per heavy atom. The predicted molar refractivity (Wildman–Crippen MR) is 110 cm³/mol. The Balaban J connectivity index is 2.40. The molecule has 0 fully saturated rings. The Labute approximate surface area is 174 Å². The van der Waals surface area contributed by atoms with Gasteiger partial charge in [0.2, 0.25) is 11.8 Å². The first-order valence-electron chi connectivity index (χ1n) is 9.02. The van der Waals surface area contributed by atoms with Gasteiger partial charge in [0.15, 0.2) is 0 Å². The Bertz CT molecular complexity index is 1070. The van der Waals surface area contributed by atoms with Gasteiger partial charge in [0, 0.05) is 16.8 Å². The number of aryl methyl sites for hydroxylation is 1. The molecular weight excluding hydrogens is 392 g/mol. The third-order valence-electron chi connectivity index (χ3n) is 4.82. The van der Waals surface area contributed by atoms with Crippen LogP contribution in [0.4, 0.5) is 5.69 Å². The highest BCUT2D eigenvalue weighted by Crippen LogP contribution is 2.50. The van der Waals surface area contributed by atoms with Crippen molar-refractivity contribution in [1.82, 2.24) is 4.98 Å². The number of methoxy groups -OCH3 is 1. The second-order valence-electron chi connectivity index (χ2n) is 6.57. The summed E-state index contributed by atoms with van der Waals surface area (Å²) in [5.41, 5.74) is 9.60. The molecule has 0 saturated carbocycles. The number of hydrogen-bond acceptors (Lipinski definition) is 6. The number of nitriles is 1. The van der Waals surface area contributed by atoms with Gasteiger partial charge in [0.25, 0.3) is 0 Å². The summed E-state index contributed by atoms with van der Waals surface area (Å²) in [6, 6.07) is 7.12. The van der Waals surface area contributed by atoms with Crippen molar-refractivity contribution in [3.8, 4) is 17.7 Å². The molecule has 0 saturated heterocycles. The molecule has 29 heavy (non-hydrogen) atoms. The molecular formula is C21H21ClN4O3. The topological polar surface area (TPSA) is 110 Å². The van der Waals surface area contributed by atoms with Gasteiger partial charge in [-0.05, 0) is 32.9 Å². The molecule has 1 aliphatic heterocycles. The van der Waals surface area contributed by atoms with Gasteiger partial charge in [-0.3, -0.25) is 4.79 Å². The van der Waals surface area contributed by atoms with Crippen LogP contribution in [0, 0.1) is 18.3 Å². The number of carbonyl (C=O) groups is 1. The number of aromatic nitrogens is 1. The maximum absolute atomic E-state index is 12.4. The lowest BCUT2D eigenvalue weighted by atomic mass is 9.80. The number of anilines is 1. The molecule has 1 aromatic heterocycles. The molecule has 3 N–H and O–H groups in total. The number of ether oxygens (including phenoxy) is 2. The van der Waals surface area contributed by atoms with E-state index in [4.69, 9.17) is 26.8 Å². The predicted octanol–water partition coefficient (Wildman–Crippen LogP) is 3.64. The first kappa shape index (κ1) is 20.5.